The summed E-state index contributed by atoms with van der Waals surface area (Å²) in [6.45, 7) is 0. The van der Waals surface area contributed by atoms with Crippen LogP contribution < -0.4 is 10.6 Å². The van der Waals surface area contributed by atoms with Gasteiger partial charge in [0.05, 0.1) is 23.6 Å². The lowest BCUT2D eigenvalue weighted by molar-refractivity contribution is -0.140. The lowest BCUT2D eigenvalue weighted by Gasteiger charge is -2.48. The van der Waals surface area contributed by atoms with Crippen LogP contribution in [-0.4, -0.2) is 69.4 Å². The van der Waals surface area contributed by atoms with E-state index in [1.54, 1.807) is 47.8 Å². The molecule has 2 aromatic rings. The number of benzene rings is 2. The Labute approximate surface area is 230 Å². The van der Waals surface area contributed by atoms with Gasteiger partial charge in [0, 0.05) is 46.3 Å². The third kappa shape index (κ3) is 4.91. The Morgan fingerprint density at radius 2 is 1.68 bits per heavy atom. The molecular formula is C28H31N3O5S2. The SMILES string of the molecule is COC(=O)CCCC1C2SCC(NC(=O)c3ccccc3)(C2=NO)C2C(NC(=O)c3ccccc3)CSC12. The first kappa shape index (κ1) is 26.6. The maximum atomic E-state index is 13.5. The van der Waals surface area contributed by atoms with E-state index >= 15 is 0 Å². The molecule has 1 saturated carbocycles. The van der Waals surface area contributed by atoms with E-state index in [1.807, 2.05) is 36.4 Å². The molecule has 6 atom stereocenters. The number of carbonyl (C=O) groups is 3. The second kappa shape index (κ2) is 11.4. The molecule has 1 aliphatic carbocycles. The zero-order valence-electron chi connectivity index (χ0n) is 21.0. The van der Waals surface area contributed by atoms with Crippen LogP contribution in [0.5, 0.6) is 0 Å². The van der Waals surface area contributed by atoms with Gasteiger partial charge in [0.2, 0.25) is 0 Å². The van der Waals surface area contributed by atoms with Crippen molar-refractivity contribution in [3.8, 4) is 0 Å². The molecule has 10 heteroatoms. The number of nitrogens with one attached hydrogen (secondary N) is 2. The summed E-state index contributed by atoms with van der Waals surface area (Å²) < 4.78 is 4.83. The number of oxime groups is 1. The Morgan fingerprint density at radius 3 is 2.32 bits per heavy atom. The topological polar surface area (TPSA) is 117 Å². The summed E-state index contributed by atoms with van der Waals surface area (Å²) >= 11 is 3.47. The molecule has 38 heavy (non-hydrogen) atoms. The van der Waals surface area contributed by atoms with Crippen LogP contribution >= 0.6 is 23.5 Å². The van der Waals surface area contributed by atoms with Crippen LogP contribution in [0.4, 0.5) is 0 Å². The van der Waals surface area contributed by atoms with Crippen LogP contribution in [0.1, 0.15) is 40.0 Å². The number of nitrogens with zero attached hydrogens (tertiary/aromatic N) is 1. The largest absolute Gasteiger partial charge is 0.469 e. The number of hydrogen-bond acceptors (Lipinski definition) is 8. The van der Waals surface area contributed by atoms with Gasteiger partial charge in [-0.3, -0.25) is 14.4 Å². The number of ether oxygens (including phenoxy) is 1. The van der Waals surface area contributed by atoms with Gasteiger partial charge in [0.15, 0.2) is 0 Å². The number of amides is 2. The Hall–Kier alpha value is -2.98. The highest BCUT2D eigenvalue weighted by molar-refractivity contribution is 8.02. The third-order valence-corrected chi connectivity index (χ3v) is 11.0. The summed E-state index contributed by atoms with van der Waals surface area (Å²) in [5.74, 6) is 0.508. The number of esters is 1. The molecule has 2 aliphatic heterocycles. The highest BCUT2D eigenvalue weighted by Gasteiger charge is 2.66. The Kier molecular flexibility index (Phi) is 7.99. The van der Waals surface area contributed by atoms with E-state index in [0.29, 0.717) is 41.2 Å². The summed E-state index contributed by atoms with van der Waals surface area (Å²) in [5.41, 5.74) is 0.750. The van der Waals surface area contributed by atoms with Crippen molar-refractivity contribution in [1.29, 1.82) is 0 Å². The fraction of sp³-hybridized carbons (Fsp3) is 0.429. The van der Waals surface area contributed by atoms with Gasteiger partial charge < -0.3 is 20.6 Å². The molecule has 2 aromatic carbocycles. The minimum absolute atomic E-state index is 0.0916. The molecule has 0 aromatic heterocycles. The zero-order chi connectivity index (χ0) is 26.7. The summed E-state index contributed by atoms with van der Waals surface area (Å²) in [7, 11) is 1.39. The highest BCUT2D eigenvalue weighted by Crippen LogP contribution is 2.57. The Bertz CT molecular complexity index is 1210. The summed E-state index contributed by atoms with van der Waals surface area (Å²) in [5, 5.41) is 20.6. The molecule has 2 bridgehead atoms. The third-order valence-electron chi connectivity index (χ3n) is 7.83. The van der Waals surface area contributed by atoms with Gasteiger partial charge in [0.25, 0.3) is 11.8 Å². The first-order chi connectivity index (χ1) is 18.5. The summed E-state index contributed by atoms with van der Waals surface area (Å²) in [6.07, 6.45) is 1.73. The zero-order valence-corrected chi connectivity index (χ0v) is 22.7. The molecule has 3 fully saturated rings. The van der Waals surface area contributed by atoms with Crippen LogP contribution in [0.15, 0.2) is 65.8 Å². The highest BCUT2D eigenvalue weighted by atomic mass is 32.2. The van der Waals surface area contributed by atoms with Gasteiger partial charge in [-0.15, -0.1) is 11.8 Å². The van der Waals surface area contributed by atoms with Crippen molar-refractivity contribution in [2.24, 2.45) is 17.0 Å². The molecule has 6 unspecified atom stereocenters. The molecular weight excluding hydrogens is 522 g/mol. The molecule has 8 nitrogen and oxygen atoms in total. The van der Waals surface area contributed by atoms with Crippen LogP contribution in [0, 0.1) is 11.8 Å². The standard InChI is InChI=1S/C28H31N3O5S2/c1-36-21(32)14-8-13-19-23-22(20(15-37-23)29-26(33)17-9-4-2-5-10-17)28(16-38-24(19)25(28)31-35)30-27(34)18-11-6-3-7-12-18/h2-7,9-12,19-20,22-24,35H,8,13-16H2,1H3,(H,29,33)(H,30,34). The van der Waals surface area contributed by atoms with Crippen LogP contribution in [-0.2, 0) is 9.53 Å². The molecule has 2 saturated heterocycles. The van der Waals surface area contributed by atoms with Gasteiger partial charge in [0.1, 0.15) is 0 Å². The van der Waals surface area contributed by atoms with Crippen molar-refractivity contribution in [3.05, 3.63) is 71.8 Å². The van der Waals surface area contributed by atoms with Gasteiger partial charge in [-0.05, 0) is 43.0 Å². The average molecular weight is 554 g/mol. The van der Waals surface area contributed by atoms with Gasteiger partial charge >= 0.3 is 5.97 Å². The van der Waals surface area contributed by atoms with E-state index in [9.17, 15) is 19.6 Å². The normalized spacial score (nSPS) is 30.4. The number of fused-ring (bicyclic) bond motifs is 4. The number of methoxy groups -OCH3 is 1. The lowest BCUT2D eigenvalue weighted by atomic mass is 9.64. The van der Waals surface area contributed by atoms with Crippen LogP contribution in [0.3, 0.4) is 0 Å². The maximum absolute atomic E-state index is 13.5. The molecule has 5 rings (SSSR count). The molecule has 3 aliphatic rings. The lowest BCUT2D eigenvalue weighted by Crippen LogP contribution is -2.69. The van der Waals surface area contributed by atoms with Crippen LogP contribution in [0.25, 0.3) is 0 Å². The minimum atomic E-state index is -0.904. The fourth-order valence-electron chi connectivity index (χ4n) is 6.12. The van der Waals surface area contributed by atoms with E-state index in [-0.39, 0.29) is 46.2 Å². The number of thioether (sulfide) groups is 2. The predicted molar refractivity (Wildman–Crippen MR) is 149 cm³/mol. The first-order valence-electron chi connectivity index (χ1n) is 12.7. The predicted octanol–water partition coefficient (Wildman–Crippen LogP) is 3.60. The molecule has 2 heterocycles. The second-order valence-corrected chi connectivity index (χ2v) is 12.3. The van der Waals surface area contributed by atoms with Crippen LogP contribution in [0.2, 0.25) is 0 Å². The van der Waals surface area contributed by atoms with Crippen molar-refractivity contribution < 1.29 is 24.3 Å². The van der Waals surface area contributed by atoms with Crippen molar-refractivity contribution in [2.75, 3.05) is 18.6 Å². The fourth-order valence-corrected chi connectivity index (χ4v) is 9.94. The molecule has 3 N–H and O–H groups in total. The first-order valence-corrected chi connectivity index (χ1v) is 14.8. The Morgan fingerprint density at radius 1 is 1.03 bits per heavy atom. The van der Waals surface area contributed by atoms with Crippen molar-refractivity contribution in [2.45, 2.75) is 41.3 Å². The Balaban J connectivity index is 1.47. The van der Waals surface area contributed by atoms with Crippen molar-refractivity contribution in [3.63, 3.8) is 0 Å². The second-order valence-electron chi connectivity index (χ2n) is 9.91. The molecule has 0 spiro atoms. The van der Waals surface area contributed by atoms with Crippen molar-refractivity contribution >= 4 is 47.0 Å². The monoisotopic (exact) mass is 553 g/mol. The van der Waals surface area contributed by atoms with Gasteiger partial charge in [-0.25, -0.2) is 0 Å². The number of rotatable bonds is 8. The van der Waals surface area contributed by atoms with Crippen molar-refractivity contribution in [1.82, 2.24) is 10.6 Å². The number of carbonyl (C=O) groups excluding carboxylic acids is 3. The smallest absolute Gasteiger partial charge is 0.305 e. The molecule has 0 radical (unpaired) electrons. The van der Waals surface area contributed by atoms with E-state index < -0.39 is 5.54 Å². The number of hydrogen-bond donors (Lipinski definition) is 3. The average Bonchev–Trinajstić information content (AvgIpc) is 3.50. The summed E-state index contributed by atoms with van der Waals surface area (Å²) in [4.78, 5) is 38.4. The van der Waals surface area contributed by atoms with E-state index in [0.717, 1.165) is 6.42 Å². The molecule has 2 amide bonds. The summed E-state index contributed by atoms with van der Waals surface area (Å²) in [6, 6.07) is 17.8. The maximum Gasteiger partial charge on any atom is 0.305 e. The van der Waals surface area contributed by atoms with E-state index in [4.69, 9.17) is 4.74 Å². The van der Waals surface area contributed by atoms with E-state index in [2.05, 4.69) is 15.8 Å². The molecule has 200 valence electrons. The van der Waals surface area contributed by atoms with Gasteiger partial charge in [-0.2, -0.15) is 11.8 Å². The van der Waals surface area contributed by atoms with Gasteiger partial charge in [-0.1, -0.05) is 41.6 Å². The quantitative estimate of drug-likeness (QED) is 0.260. The van der Waals surface area contributed by atoms with E-state index in [1.165, 1.54) is 7.11 Å². The minimum Gasteiger partial charge on any atom is -0.469 e.